The minimum Gasteiger partial charge on any atom is -0.373 e. The molecule has 3 atom stereocenters. The minimum absolute atomic E-state index is 0.0699. The summed E-state index contributed by atoms with van der Waals surface area (Å²) in [6, 6.07) is 7.35. The summed E-state index contributed by atoms with van der Waals surface area (Å²) in [6.07, 6.45) is -0.330. The van der Waals surface area contributed by atoms with Crippen LogP contribution in [0, 0.1) is 23.4 Å². The summed E-state index contributed by atoms with van der Waals surface area (Å²) < 4.78 is 40.6. The number of carbonyl (C=O) groups is 3. The molecule has 218 valence electrons. The highest BCUT2D eigenvalue weighted by atomic mass is 32.2. The topological polar surface area (TPSA) is 117 Å². The van der Waals surface area contributed by atoms with Crippen LogP contribution in [0.2, 0.25) is 0 Å². The Labute approximate surface area is 236 Å². The molecule has 2 aromatic rings. The van der Waals surface area contributed by atoms with E-state index in [0.29, 0.717) is 24.9 Å². The molecule has 0 spiro atoms. The molecule has 0 aromatic heterocycles. The quantitative estimate of drug-likeness (QED) is 0.287. The highest BCUT2D eigenvalue weighted by Crippen LogP contribution is 2.25. The molecule has 40 heavy (non-hydrogen) atoms. The van der Waals surface area contributed by atoms with Gasteiger partial charge >= 0.3 is 0 Å². The van der Waals surface area contributed by atoms with Crippen molar-refractivity contribution in [2.45, 2.75) is 57.6 Å². The number of hydrogen-bond donors (Lipinski definition) is 4. The molecule has 12 heteroatoms. The van der Waals surface area contributed by atoms with Gasteiger partial charge in [-0.1, -0.05) is 26.0 Å². The molecule has 3 rings (SSSR count). The minimum atomic E-state index is -1.29. The number of amides is 3. The predicted molar refractivity (Wildman–Crippen MR) is 150 cm³/mol. The number of likely N-dealkylation sites (N-methyl/N-ethyl adjacent to an activating group) is 1. The van der Waals surface area contributed by atoms with Crippen LogP contribution in [0.3, 0.4) is 0 Å². The van der Waals surface area contributed by atoms with E-state index in [-0.39, 0.29) is 54.6 Å². The van der Waals surface area contributed by atoms with Gasteiger partial charge in [0, 0.05) is 49.6 Å². The first-order valence-electron chi connectivity index (χ1n) is 13.2. The zero-order valence-corrected chi connectivity index (χ0v) is 23.6. The number of nitrogens with zero attached hydrogens (tertiary/aromatic N) is 1. The highest BCUT2D eigenvalue weighted by Gasteiger charge is 2.35. The molecule has 1 heterocycles. The van der Waals surface area contributed by atoms with Gasteiger partial charge in [-0.3, -0.25) is 14.4 Å². The van der Waals surface area contributed by atoms with E-state index in [1.54, 1.807) is 0 Å². The number of hydrogen-bond acceptors (Lipinski definition) is 6. The van der Waals surface area contributed by atoms with Crippen molar-refractivity contribution in [3.05, 3.63) is 65.0 Å². The Kier molecular flexibility index (Phi) is 11.3. The van der Waals surface area contributed by atoms with Gasteiger partial charge in [-0.2, -0.15) is 0 Å². The van der Waals surface area contributed by atoms with Crippen molar-refractivity contribution in [2.75, 3.05) is 24.2 Å². The lowest BCUT2D eigenvalue weighted by Gasteiger charge is -2.24. The van der Waals surface area contributed by atoms with Gasteiger partial charge in [0.05, 0.1) is 0 Å². The maximum absolute atomic E-state index is 14.0. The molecule has 1 aliphatic heterocycles. The van der Waals surface area contributed by atoms with E-state index < -0.39 is 28.9 Å². The van der Waals surface area contributed by atoms with Crippen LogP contribution in [0.25, 0.3) is 0 Å². The molecule has 0 aliphatic carbocycles. The molecule has 2 aromatic carbocycles. The molecular weight excluding hydrogens is 543 g/mol. The normalized spacial score (nSPS) is 16.5. The predicted octanol–water partition coefficient (Wildman–Crippen LogP) is 3.15. The first-order chi connectivity index (χ1) is 19.0. The maximum atomic E-state index is 14.0. The van der Waals surface area contributed by atoms with E-state index in [9.17, 15) is 27.6 Å². The maximum Gasteiger partial charge on any atom is 0.253 e. The summed E-state index contributed by atoms with van der Waals surface area (Å²) >= 11 is 1.33. The molecule has 0 bridgehead atoms. The second-order valence-corrected chi connectivity index (χ2v) is 11.2. The van der Waals surface area contributed by atoms with Gasteiger partial charge in [-0.05, 0) is 48.6 Å². The number of anilines is 1. The lowest BCUT2D eigenvalue weighted by Crippen LogP contribution is -2.46. The summed E-state index contributed by atoms with van der Waals surface area (Å²) in [5.41, 5.74) is 7.52. The van der Waals surface area contributed by atoms with Crippen LogP contribution in [-0.2, 0) is 27.3 Å². The van der Waals surface area contributed by atoms with Crippen molar-refractivity contribution in [1.29, 1.82) is 0 Å². The zero-order chi connectivity index (χ0) is 29.4. The monoisotopic (exact) mass is 579 g/mol. The molecule has 0 radical (unpaired) electrons. The highest BCUT2D eigenvalue weighted by molar-refractivity contribution is 8.00. The summed E-state index contributed by atoms with van der Waals surface area (Å²) in [6.45, 7) is 6.95. The van der Waals surface area contributed by atoms with Crippen LogP contribution in [0.5, 0.6) is 0 Å². The molecule has 1 saturated heterocycles. The van der Waals surface area contributed by atoms with Crippen LogP contribution < -0.4 is 21.7 Å². The molecule has 1 aliphatic rings. The Balaban J connectivity index is 1.52. The molecule has 3 amide bonds. The molecule has 5 N–H and O–H groups in total. The SMILES string of the molecule is CCNC(=O)[C@H](Nc1ccc(CNC(=O)[C@@H]2SCCN2C(=O)C[C@H](N)Cc2cc(F)c(F)cc2F)cc1)C(C)C. The van der Waals surface area contributed by atoms with E-state index in [1.807, 2.05) is 45.0 Å². The average molecular weight is 580 g/mol. The second kappa shape index (κ2) is 14.4. The number of nitrogens with two attached hydrogens (primary N) is 1. The molecule has 0 saturated carbocycles. The number of rotatable bonds is 12. The first-order valence-corrected chi connectivity index (χ1v) is 14.3. The van der Waals surface area contributed by atoms with Crippen LogP contribution in [-0.4, -0.2) is 58.9 Å². The van der Waals surface area contributed by atoms with Crippen LogP contribution in [0.1, 0.15) is 38.3 Å². The molecule has 8 nitrogen and oxygen atoms in total. The van der Waals surface area contributed by atoms with E-state index in [4.69, 9.17) is 5.73 Å². The summed E-state index contributed by atoms with van der Waals surface area (Å²) in [5.74, 6) is -3.52. The van der Waals surface area contributed by atoms with Gasteiger partial charge in [0.1, 0.15) is 11.9 Å². The summed E-state index contributed by atoms with van der Waals surface area (Å²) in [5, 5.41) is 8.20. The zero-order valence-electron chi connectivity index (χ0n) is 22.8. The standard InChI is InChI=1S/C28H36F3N5O3S/c1-4-33-26(38)25(16(2)3)35-20-7-5-17(6-8-20)15-34-27(39)28-36(9-10-40-28)24(37)13-19(32)11-18-12-22(30)23(31)14-21(18)29/h5-8,12,14,16,19,25,28,35H,4,9-11,13,15,32H2,1-3H3,(H,33,38)(H,34,39)/t19-,25-,28+/m1/s1. The van der Waals surface area contributed by atoms with Crippen LogP contribution in [0.4, 0.5) is 18.9 Å². The van der Waals surface area contributed by atoms with Gasteiger partial charge in [0.15, 0.2) is 17.0 Å². The fourth-order valence-corrected chi connectivity index (χ4v) is 5.52. The number of carbonyl (C=O) groups excluding carboxylic acids is 3. The average Bonchev–Trinajstić information content (AvgIpc) is 3.40. The first kappa shape index (κ1) is 31.3. The lowest BCUT2D eigenvalue weighted by atomic mass is 10.0. The van der Waals surface area contributed by atoms with Gasteiger partial charge in [-0.15, -0.1) is 11.8 Å². The van der Waals surface area contributed by atoms with Gasteiger partial charge in [0.25, 0.3) is 5.91 Å². The third-order valence-corrected chi connectivity index (χ3v) is 7.69. The smallest absolute Gasteiger partial charge is 0.253 e. The van der Waals surface area contributed by atoms with Crippen molar-refractivity contribution >= 4 is 35.2 Å². The fourth-order valence-electron chi connectivity index (χ4n) is 4.35. The van der Waals surface area contributed by atoms with E-state index in [0.717, 1.165) is 17.3 Å². The number of thioether (sulfide) groups is 1. The van der Waals surface area contributed by atoms with E-state index >= 15 is 0 Å². The fraction of sp³-hybridized carbons (Fsp3) is 0.464. The molecule has 1 fully saturated rings. The third-order valence-electron chi connectivity index (χ3n) is 6.49. The number of nitrogens with one attached hydrogen (secondary N) is 3. The largest absolute Gasteiger partial charge is 0.373 e. The molecule has 0 unspecified atom stereocenters. The Morgan fingerprint density at radius 3 is 2.38 bits per heavy atom. The van der Waals surface area contributed by atoms with Gasteiger partial charge < -0.3 is 26.6 Å². The second-order valence-electron chi connectivity index (χ2n) is 10.0. The van der Waals surface area contributed by atoms with Crippen molar-refractivity contribution in [3.63, 3.8) is 0 Å². The van der Waals surface area contributed by atoms with Crippen molar-refractivity contribution in [2.24, 2.45) is 11.7 Å². The summed E-state index contributed by atoms with van der Waals surface area (Å²) in [4.78, 5) is 39.5. The van der Waals surface area contributed by atoms with E-state index in [2.05, 4.69) is 16.0 Å². The Hall–Kier alpha value is -3.25. The summed E-state index contributed by atoms with van der Waals surface area (Å²) in [7, 11) is 0. The molecular formula is C28H36F3N5O3S. The van der Waals surface area contributed by atoms with Gasteiger partial charge in [-0.25, -0.2) is 13.2 Å². The Bertz CT molecular complexity index is 1200. The number of halogens is 3. The lowest BCUT2D eigenvalue weighted by molar-refractivity contribution is -0.136. The van der Waals surface area contributed by atoms with Crippen molar-refractivity contribution in [1.82, 2.24) is 15.5 Å². The van der Waals surface area contributed by atoms with Crippen LogP contribution in [0.15, 0.2) is 36.4 Å². The Morgan fingerprint density at radius 1 is 1.05 bits per heavy atom. The van der Waals surface area contributed by atoms with Crippen LogP contribution >= 0.6 is 11.8 Å². The van der Waals surface area contributed by atoms with Gasteiger partial charge in [0.2, 0.25) is 11.8 Å². The van der Waals surface area contributed by atoms with Crippen molar-refractivity contribution in [3.8, 4) is 0 Å². The van der Waals surface area contributed by atoms with Crippen molar-refractivity contribution < 1.29 is 27.6 Å². The number of benzene rings is 2. The van der Waals surface area contributed by atoms with E-state index in [1.165, 1.54) is 16.7 Å². The Morgan fingerprint density at radius 2 is 1.73 bits per heavy atom. The third kappa shape index (κ3) is 8.37.